The Morgan fingerprint density at radius 1 is 1.19 bits per heavy atom. The first-order chi connectivity index (χ1) is 12.8. The lowest BCUT2D eigenvalue weighted by molar-refractivity contribution is -0.134. The fourth-order valence-corrected chi connectivity index (χ4v) is 4.24. The van der Waals surface area contributed by atoms with Gasteiger partial charge in [-0.25, -0.2) is 0 Å². The minimum atomic E-state index is -0.859. The van der Waals surface area contributed by atoms with Crippen molar-refractivity contribution < 1.29 is 24.6 Å². The third-order valence-corrected chi connectivity index (χ3v) is 5.22. The quantitative estimate of drug-likeness (QED) is 0.518. The number of carboxylic acid groups (broad SMARTS) is 1. The van der Waals surface area contributed by atoms with Crippen LogP contribution < -0.4 is 5.32 Å². The number of carbonyl (C=O) groups is 3. The van der Waals surface area contributed by atoms with Crippen molar-refractivity contribution in [2.45, 2.75) is 65.0 Å². The highest BCUT2D eigenvalue weighted by atomic mass is 16.4. The van der Waals surface area contributed by atoms with Gasteiger partial charge in [0, 0.05) is 18.6 Å². The van der Waals surface area contributed by atoms with Crippen molar-refractivity contribution in [2.24, 2.45) is 11.8 Å². The van der Waals surface area contributed by atoms with E-state index < -0.39 is 12.2 Å². The fourth-order valence-electron chi connectivity index (χ4n) is 4.24. The Labute approximate surface area is 160 Å². The van der Waals surface area contributed by atoms with Crippen LogP contribution in [-0.2, 0) is 14.4 Å². The monoisotopic (exact) mass is 375 g/mol. The van der Waals surface area contributed by atoms with Crippen LogP contribution >= 0.6 is 0 Å². The van der Waals surface area contributed by atoms with Gasteiger partial charge in [0.05, 0.1) is 5.70 Å². The third kappa shape index (κ3) is 6.17. The minimum absolute atomic E-state index is 0.190. The zero-order valence-electron chi connectivity index (χ0n) is 16.0. The Balaban J connectivity index is 0.000000596. The van der Waals surface area contributed by atoms with Crippen molar-refractivity contribution >= 4 is 17.5 Å². The van der Waals surface area contributed by atoms with Crippen LogP contribution in [0.1, 0.15) is 58.8 Å². The molecule has 0 aromatic carbocycles. The molecule has 3 unspecified atom stereocenters. The lowest BCUT2D eigenvalue weighted by Gasteiger charge is -2.37. The van der Waals surface area contributed by atoms with E-state index in [-0.39, 0.29) is 17.3 Å². The van der Waals surface area contributed by atoms with Crippen LogP contribution in [-0.4, -0.2) is 34.0 Å². The fraction of sp³-hybridized carbons (Fsp3) is 0.571. The summed E-state index contributed by atoms with van der Waals surface area (Å²) in [5.41, 5.74) is 1.99. The normalized spacial score (nSPS) is 27.6. The molecule has 0 saturated heterocycles. The first kappa shape index (κ1) is 21.1. The van der Waals surface area contributed by atoms with E-state index >= 15 is 0 Å². The van der Waals surface area contributed by atoms with Crippen molar-refractivity contribution in [3.8, 4) is 0 Å². The molecule has 3 N–H and O–H groups in total. The Kier molecular flexibility index (Phi) is 7.54. The van der Waals surface area contributed by atoms with Crippen molar-refractivity contribution in [3.05, 3.63) is 35.1 Å². The first-order valence-corrected chi connectivity index (χ1v) is 9.64. The molecular formula is C21H29NO5. The Morgan fingerprint density at radius 2 is 1.81 bits per heavy atom. The van der Waals surface area contributed by atoms with Crippen LogP contribution in [0.5, 0.6) is 0 Å². The summed E-state index contributed by atoms with van der Waals surface area (Å²) < 4.78 is 0. The van der Waals surface area contributed by atoms with Crippen LogP contribution in [0.4, 0.5) is 0 Å². The van der Waals surface area contributed by atoms with Crippen molar-refractivity contribution in [2.75, 3.05) is 0 Å². The summed E-state index contributed by atoms with van der Waals surface area (Å²) in [7, 11) is 0. The summed E-state index contributed by atoms with van der Waals surface area (Å²) >= 11 is 0. The molecule has 0 radical (unpaired) electrons. The molecule has 0 aromatic rings. The first-order valence-electron chi connectivity index (χ1n) is 9.64. The van der Waals surface area contributed by atoms with E-state index in [4.69, 9.17) is 9.90 Å². The molecule has 0 aliphatic heterocycles. The number of nitrogens with one attached hydrogen (secondary N) is 1. The van der Waals surface area contributed by atoms with Gasteiger partial charge in [-0.15, -0.1) is 0 Å². The molecule has 3 atom stereocenters. The summed E-state index contributed by atoms with van der Waals surface area (Å²) in [4.78, 5) is 33.4. The van der Waals surface area contributed by atoms with Gasteiger partial charge in [-0.2, -0.15) is 0 Å². The van der Waals surface area contributed by atoms with Gasteiger partial charge in [-0.3, -0.25) is 14.4 Å². The molecule has 2 fully saturated rings. The Bertz CT molecular complexity index is 681. The number of carboxylic acids is 1. The van der Waals surface area contributed by atoms with E-state index in [0.29, 0.717) is 11.5 Å². The highest BCUT2D eigenvalue weighted by Crippen LogP contribution is 2.43. The number of Topliss-reactive ketones (excluding diaryl/α,β-unsaturated/α-hetero) is 1. The van der Waals surface area contributed by atoms with Gasteiger partial charge in [-0.1, -0.05) is 24.5 Å². The SMILES string of the molecule is CC(=O)O.CC(O)NC1=CC(=O)C=C(/C=C2\CCCC3CCCCC23)C1=O. The lowest BCUT2D eigenvalue weighted by atomic mass is 9.68. The largest absolute Gasteiger partial charge is 0.481 e. The number of aliphatic hydroxyl groups excluding tert-OH is 1. The summed E-state index contributed by atoms with van der Waals surface area (Å²) in [6.45, 7) is 2.61. The standard InChI is InChI=1S/C19H25NO3.C2H4O2/c1-12(21)20-18-11-16(22)10-15(19(18)23)9-14-7-4-6-13-5-2-3-8-17(13)14;1-2(3)4/h9-13,17,20-21H,2-8H2,1H3;1H3,(H,3,4)/b14-9+;. The number of fused-ring (bicyclic) bond motifs is 1. The highest BCUT2D eigenvalue weighted by Gasteiger charge is 2.32. The zero-order chi connectivity index (χ0) is 20.0. The van der Waals surface area contributed by atoms with Gasteiger partial charge in [0.15, 0.2) is 5.78 Å². The minimum Gasteiger partial charge on any atom is -0.481 e. The molecule has 2 saturated carbocycles. The third-order valence-electron chi connectivity index (χ3n) is 5.22. The number of allylic oxidation sites excluding steroid dienone is 5. The van der Waals surface area contributed by atoms with Gasteiger partial charge in [0.2, 0.25) is 5.78 Å². The second kappa shape index (κ2) is 9.65. The highest BCUT2D eigenvalue weighted by molar-refractivity contribution is 6.21. The van der Waals surface area contributed by atoms with Crippen molar-refractivity contribution in [3.63, 3.8) is 0 Å². The molecule has 0 bridgehead atoms. The average Bonchev–Trinajstić information content (AvgIpc) is 2.58. The van der Waals surface area contributed by atoms with Crippen LogP contribution in [0, 0.1) is 11.8 Å². The van der Waals surface area contributed by atoms with Gasteiger partial charge in [0.25, 0.3) is 5.97 Å². The van der Waals surface area contributed by atoms with Crippen LogP contribution in [0.25, 0.3) is 0 Å². The van der Waals surface area contributed by atoms with Gasteiger partial charge >= 0.3 is 0 Å². The number of hydrogen-bond donors (Lipinski definition) is 3. The molecule has 0 aromatic heterocycles. The lowest BCUT2D eigenvalue weighted by Crippen LogP contribution is -2.32. The molecular weight excluding hydrogens is 346 g/mol. The molecule has 6 heteroatoms. The molecule has 27 heavy (non-hydrogen) atoms. The topological polar surface area (TPSA) is 104 Å². The maximum Gasteiger partial charge on any atom is 0.300 e. The van der Waals surface area contributed by atoms with E-state index in [2.05, 4.69) is 5.32 Å². The number of ketones is 2. The number of aliphatic carboxylic acids is 1. The average molecular weight is 375 g/mol. The molecule has 3 rings (SSSR count). The Hall–Kier alpha value is -2.21. The zero-order valence-corrected chi connectivity index (χ0v) is 16.0. The van der Waals surface area contributed by atoms with E-state index in [1.54, 1.807) is 0 Å². The van der Waals surface area contributed by atoms with E-state index in [0.717, 1.165) is 19.3 Å². The number of aliphatic hydroxyl groups is 1. The molecule has 3 aliphatic rings. The smallest absolute Gasteiger partial charge is 0.300 e. The summed E-state index contributed by atoms with van der Waals surface area (Å²) in [5, 5.41) is 19.5. The van der Waals surface area contributed by atoms with Gasteiger partial charge in [0.1, 0.15) is 6.23 Å². The maximum atomic E-state index is 12.5. The second-order valence-corrected chi connectivity index (χ2v) is 7.49. The van der Waals surface area contributed by atoms with E-state index in [1.807, 2.05) is 6.08 Å². The van der Waals surface area contributed by atoms with Crippen LogP contribution in [0.3, 0.4) is 0 Å². The molecule has 0 amide bonds. The van der Waals surface area contributed by atoms with E-state index in [1.165, 1.54) is 63.2 Å². The van der Waals surface area contributed by atoms with Crippen LogP contribution in [0.15, 0.2) is 35.1 Å². The number of rotatable bonds is 3. The molecule has 6 nitrogen and oxygen atoms in total. The maximum absolute atomic E-state index is 12.5. The summed E-state index contributed by atoms with van der Waals surface area (Å²) in [6, 6.07) is 0. The number of hydrogen-bond acceptors (Lipinski definition) is 5. The van der Waals surface area contributed by atoms with Gasteiger partial charge in [-0.05, 0) is 56.9 Å². The summed E-state index contributed by atoms with van der Waals surface area (Å²) in [6.07, 6.45) is 12.4. The number of carbonyl (C=O) groups excluding carboxylic acids is 2. The molecule has 0 heterocycles. The molecule has 148 valence electrons. The van der Waals surface area contributed by atoms with Crippen molar-refractivity contribution in [1.82, 2.24) is 5.32 Å². The molecule has 3 aliphatic carbocycles. The molecule has 0 spiro atoms. The van der Waals surface area contributed by atoms with E-state index in [9.17, 15) is 14.7 Å². The Morgan fingerprint density at radius 3 is 2.48 bits per heavy atom. The predicted octanol–water partition coefficient (Wildman–Crippen LogP) is 2.88. The van der Waals surface area contributed by atoms with Crippen LogP contribution in [0.2, 0.25) is 0 Å². The second-order valence-electron chi connectivity index (χ2n) is 7.49. The summed E-state index contributed by atoms with van der Waals surface area (Å²) in [5.74, 6) is 0.108. The predicted molar refractivity (Wildman–Crippen MR) is 102 cm³/mol. The van der Waals surface area contributed by atoms with Crippen molar-refractivity contribution in [1.29, 1.82) is 0 Å². The van der Waals surface area contributed by atoms with Gasteiger partial charge < -0.3 is 15.5 Å².